The van der Waals surface area contributed by atoms with Crippen molar-refractivity contribution in [2.75, 3.05) is 12.4 Å². The summed E-state index contributed by atoms with van der Waals surface area (Å²) in [5, 5.41) is 9.16. The van der Waals surface area contributed by atoms with Gasteiger partial charge in [0.05, 0.1) is 5.25 Å². The number of hydrogen-bond donors (Lipinski definition) is 2. The van der Waals surface area contributed by atoms with Crippen molar-refractivity contribution in [3.05, 3.63) is 23.7 Å². The number of aryl methyl sites for hydroxylation is 1. The molecule has 1 rings (SSSR count). The number of furan rings is 1. The molecule has 3 N–H and O–H groups in total. The van der Waals surface area contributed by atoms with Crippen LogP contribution in [0.1, 0.15) is 30.6 Å². The van der Waals surface area contributed by atoms with E-state index in [4.69, 9.17) is 15.3 Å². The zero-order valence-electron chi connectivity index (χ0n) is 10.1. The van der Waals surface area contributed by atoms with Gasteiger partial charge in [0, 0.05) is 12.6 Å². The van der Waals surface area contributed by atoms with Crippen molar-refractivity contribution >= 4 is 11.8 Å². The van der Waals surface area contributed by atoms with E-state index in [2.05, 4.69) is 0 Å². The second-order valence-corrected chi connectivity index (χ2v) is 5.52. The van der Waals surface area contributed by atoms with Crippen molar-refractivity contribution in [1.29, 1.82) is 0 Å². The van der Waals surface area contributed by atoms with Gasteiger partial charge in [-0.25, -0.2) is 0 Å². The summed E-state index contributed by atoms with van der Waals surface area (Å²) in [7, 11) is 0. The second-order valence-electron chi connectivity index (χ2n) is 4.35. The average Bonchev–Trinajstić information content (AvgIpc) is 2.64. The zero-order valence-corrected chi connectivity index (χ0v) is 11.0. The van der Waals surface area contributed by atoms with E-state index in [1.165, 1.54) is 0 Å². The first-order valence-corrected chi connectivity index (χ1v) is 6.63. The molecule has 0 spiro atoms. The van der Waals surface area contributed by atoms with E-state index in [0.717, 1.165) is 17.3 Å². The molecular weight excluding hydrogens is 222 g/mol. The topological polar surface area (TPSA) is 59.4 Å². The average molecular weight is 243 g/mol. The molecule has 0 bridgehead atoms. The zero-order chi connectivity index (χ0) is 12.1. The summed E-state index contributed by atoms with van der Waals surface area (Å²) >= 11 is 1.75. The van der Waals surface area contributed by atoms with Gasteiger partial charge >= 0.3 is 0 Å². The Morgan fingerprint density at radius 1 is 1.44 bits per heavy atom. The third-order valence-electron chi connectivity index (χ3n) is 2.39. The van der Waals surface area contributed by atoms with Crippen LogP contribution in [0.3, 0.4) is 0 Å². The van der Waals surface area contributed by atoms with Crippen LogP contribution in [0.4, 0.5) is 0 Å². The van der Waals surface area contributed by atoms with Crippen LogP contribution in [-0.4, -0.2) is 23.5 Å². The van der Waals surface area contributed by atoms with Crippen molar-refractivity contribution in [2.45, 2.75) is 32.1 Å². The van der Waals surface area contributed by atoms with Gasteiger partial charge in [-0.2, -0.15) is 0 Å². The Labute approximate surface area is 101 Å². The number of thioether (sulfide) groups is 1. The van der Waals surface area contributed by atoms with Gasteiger partial charge in [-0.15, -0.1) is 11.8 Å². The van der Waals surface area contributed by atoms with Gasteiger partial charge in [0.2, 0.25) is 0 Å². The molecule has 3 nitrogen and oxygen atoms in total. The highest BCUT2D eigenvalue weighted by atomic mass is 32.2. The van der Waals surface area contributed by atoms with Crippen LogP contribution in [0, 0.1) is 12.8 Å². The molecule has 3 atom stereocenters. The molecular formula is C12H21NO2S. The third-order valence-corrected chi connectivity index (χ3v) is 4.17. The summed E-state index contributed by atoms with van der Waals surface area (Å²) in [5.74, 6) is 3.03. The Balaban J connectivity index is 2.61. The van der Waals surface area contributed by atoms with Crippen LogP contribution in [0.5, 0.6) is 0 Å². The molecule has 92 valence electrons. The summed E-state index contributed by atoms with van der Waals surface area (Å²) in [4.78, 5) is 0. The van der Waals surface area contributed by atoms with Gasteiger partial charge < -0.3 is 15.3 Å². The molecule has 0 aliphatic rings. The van der Waals surface area contributed by atoms with Crippen molar-refractivity contribution in [1.82, 2.24) is 0 Å². The van der Waals surface area contributed by atoms with Crippen LogP contribution in [-0.2, 0) is 0 Å². The highest BCUT2D eigenvalue weighted by molar-refractivity contribution is 7.99. The first kappa shape index (κ1) is 13.6. The standard InChI is InChI=1S/C12H21NO2S/c1-8(6-14)7-16-12(10(3)13)11-5-4-9(2)15-11/h4-5,8,10,12,14H,6-7,13H2,1-3H3. The predicted octanol–water partition coefficient (Wildman–Crippen LogP) is 2.34. The lowest BCUT2D eigenvalue weighted by Gasteiger charge is -2.19. The summed E-state index contributed by atoms with van der Waals surface area (Å²) in [6.45, 7) is 6.16. The fourth-order valence-corrected chi connectivity index (χ4v) is 2.66. The fraction of sp³-hybridized carbons (Fsp3) is 0.667. The lowest BCUT2D eigenvalue weighted by Crippen LogP contribution is -2.23. The molecule has 0 aromatic carbocycles. The predicted molar refractivity (Wildman–Crippen MR) is 68.5 cm³/mol. The normalized spacial score (nSPS) is 17.1. The van der Waals surface area contributed by atoms with Crippen molar-refractivity contribution in [3.63, 3.8) is 0 Å². The van der Waals surface area contributed by atoms with Gasteiger partial charge in [0.15, 0.2) is 0 Å². The van der Waals surface area contributed by atoms with E-state index >= 15 is 0 Å². The van der Waals surface area contributed by atoms with Gasteiger partial charge in [0.25, 0.3) is 0 Å². The number of hydrogen-bond acceptors (Lipinski definition) is 4. The lowest BCUT2D eigenvalue weighted by atomic mass is 10.2. The fourth-order valence-electron chi connectivity index (χ4n) is 1.42. The van der Waals surface area contributed by atoms with E-state index in [9.17, 15) is 0 Å². The minimum Gasteiger partial charge on any atom is -0.465 e. The first-order chi connectivity index (χ1) is 7.54. The molecule has 3 unspecified atom stereocenters. The summed E-state index contributed by atoms with van der Waals surface area (Å²) in [5.41, 5.74) is 5.96. The number of aliphatic hydroxyl groups excluding tert-OH is 1. The van der Waals surface area contributed by atoms with E-state index in [1.807, 2.05) is 32.9 Å². The van der Waals surface area contributed by atoms with E-state index < -0.39 is 0 Å². The maximum Gasteiger partial charge on any atom is 0.118 e. The Morgan fingerprint density at radius 2 is 2.12 bits per heavy atom. The van der Waals surface area contributed by atoms with Crippen LogP contribution in [0.2, 0.25) is 0 Å². The van der Waals surface area contributed by atoms with Crippen LogP contribution >= 0.6 is 11.8 Å². The number of nitrogens with two attached hydrogens (primary N) is 1. The minimum absolute atomic E-state index is 0.0430. The van der Waals surface area contributed by atoms with Gasteiger partial charge in [-0.1, -0.05) is 6.92 Å². The second kappa shape index (κ2) is 6.33. The van der Waals surface area contributed by atoms with E-state index in [0.29, 0.717) is 5.92 Å². The molecule has 16 heavy (non-hydrogen) atoms. The lowest BCUT2D eigenvalue weighted by molar-refractivity contribution is 0.250. The quantitative estimate of drug-likeness (QED) is 0.805. The molecule has 0 aliphatic heterocycles. The third kappa shape index (κ3) is 3.85. The largest absolute Gasteiger partial charge is 0.465 e. The Morgan fingerprint density at radius 3 is 2.56 bits per heavy atom. The molecule has 0 radical (unpaired) electrons. The molecule has 1 heterocycles. The van der Waals surface area contributed by atoms with E-state index in [1.54, 1.807) is 11.8 Å². The number of aliphatic hydroxyl groups is 1. The highest BCUT2D eigenvalue weighted by Gasteiger charge is 2.20. The molecule has 1 aromatic heterocycles. The summed E-state index contributed by atoms with van der Waals surface area (Å²) in [6.07, 6.45) is 0. The maximum atomic E-state index is 8.99. The van der Waals surface area contributed by atoms with Crippen molar-refractivity contribution < 1.29 is 9.52 Å². The van der Waals surface area contributed by atoms with Crippen LogP contribution < -0.4 is 5.73 Å². The molecule has 4 heteroatoms. The summed E-state index contributed by atoms with van der Waals surface area (Å²) in [6, 6.07) is 3.99. The Kier molecular flexibility index (Phi) is 5.38. The Bertz CT molecular complexity index is 312. The molecule has 0 aliphatic carbocycles. The minimum atomic E-state index is 0.0430. The van der Waals surface area contributed by atoms with Crippen molar-refractivity contribution in [2.24, 2.45) is 11.7 Å². The molecule has 0 saturated carbocycles. The smallest absolute Gasteiger partial charge is 0.118 e. The first-order valence-electron chi connectivity index (χ1n) is 5.59. The summed E-state index contributed by atoms with van der Waals surface area (Å²) < 4.78 is 5.61. The molecule has 0 amide bonds. The van der Waals surface area contributed by atoms with Gasteiger partial charge in [-0.3, -0.25) is 0 Å². The molecule has 0 saturated heterocycles. The van der Waals surface area contributed by atoms with Crippen LogP contribution in [0.25, 0.3) is 0 Å². The van der Waals surface area contributed by atoms with Crippen LogP contribution in [0.15, 0.2) is 16.5 Å². The van der Waals surface area contributed by atoms with Crippen molar-refractivity contribution in [3.8, 4) is 0 Å². The number of rotatable bonds is 6. The Hall–Kier alpha value is -0.450. The molecule has 0 fully saturated rings. The van der Waals surface area contributed by atoms with Gasteiger partial charge in [0.1, 0.15) is 11.5 Å². The highest BCUT2D eigenvalue weighted by Crippen LogP contribution is 2.33. The SMILES string of the molecule is Cc1ccc(C(SCC(C)CO)C(C)N)o1. The maximum absolute atomic E-state index is 8.99. The van der Waals surface area contributed by atoms with E-state index in [-0.39, 0.29) is 17.9 Å². The van der Waals surface area contributed by atoms with Gasteiger partial charge in [-0.05, 0) is 37.7 Å². The monoisotopic (exact) mass is 243 g/mol. The molecule has 1 aromatic rings.